The Bertz CT molecular complexity index is 1260. The van der Waals surface area contributed by atoms with Crippen LogP contribution in [0.1, 0.15) is 47.2 Å². The third kappa shape index (κ3) is 4.51. The molecule has 0 atom stereocenters. The molecule has 0 amide bonds. The lowest BCUT2D eigenvalue weighted by atomic mass is 9.92. The number of piperidine rings is 1. The minimum Gasteiger partial charge on any atom is -0.380 e. The molecule has 0 aliphatic carbocycles. The van der Waals surface area contributed by atoms with Gasteiger partial charge in [0.05, 0.1) is 24.4 Å². The van der Waals surface area contributed by atoms with Crippen molar-refractivity contribution in [3.05, 3.63) is 71.1 Å². The largest absolute Gasteiger partial charge is 0.380 e. The summed E-state index contributed by atoms with van der Waals surface area (Å²) in [5.74, 6) is 1.39. The van der Waals surface area contributed by atoms with Gasteiger partial charge in [0.2, 0.25) is 0 Å². The maximum absolute atomic E-state index is 5.38. The van der Waals surface area contributed by atoms with Crippen LogP contribution in [0.2, 0.25) is 0 Å². The van der Waals surface area contributed by atoms with Crippen LogP contribution in [0.5, 0.6) is 0 Å². The molecular weight excluding hydrogens is 412 g/mol. The molecule has 3 aromatic heterocycles. The van der Waals surface area contributed by atoms with E-state index < -0.39 is 0 Å². The minimum absolute atomic E-state index is 0.476. The van der Waals surface area contributed by atoms with Crippen molar-refractivity contribution >= 4 is 10.9 Å². The predicted molar refractivity (Wildman–Crippen MR) is 129 cm³/mol. The van der Waals surface area contributed by atoms with Crippen molar-refractivity contribution in [2.24, 2.45) is 0 Å². The summed E-state index contributed by atoms with van der Waals surface area (Å²) in [7, 11) is 1.72. The number of ether oxygens (including phenoxy) is 1. The summed E-state index contributed by atoms with van der Waals surface area (Å²) < 4.78 is 5.38. The van der Waals surface area contributed by atoms with Gasteiger partial charge < -0.3 is 4.74 Å². The highest BCUT2D eigenvalue weighted by Gasteiger charge is 2.24. The smallest absolute Gasteiger partial charge is 0.143 e. The lowest BCUT2D eigenvalue weighted by molar-refractivity contribution is 0.185. The van der Waals surface area contributed by atoms with E-state index in [1.807, 2.05) is 31.3 Å². The average Bonchev–Trinajstić information content (AvgIpc) is 3.30. The molecule has 7 nitrogen and oxygen atoms in total. The molecule has 1 aliphatic heterocycles. The summed E-state index contributed by atoms with van der Waals surface area (Å²) in [6.07, 6.45) is 4.01. The minimum atomic E-state index is 0.476. The molecule has 7 heteroatoms. The van der Waals surface area contributed by atoms with Crippen LogP contribution in [0.25, 0.3) is 22.2 Å². The lowest BCUT2D eigenvalue weighted by Crippen LogP contribution is -2.33. The van der Waals surface area contributed by atoms with E-state index >= 15 is 0 Å². The number of hydrogen-bond acceptors (Lipinski definition) is 6. The molecule has 4 aromatic rings. The molecule has 4 heterocycles. The maximum atomic E-state index is 5.38. The molecule has 0 spiro atoms. The van der Waals surface area contributed by atoms with Crippen molar-refractivity contribution in [3.8, 4) is 11.3 Å². The Morgan fingerprint density at radius 2 is 1.88 bits per heavy atom. The SMILES string of the molecule is COCc1ccnc(C)c1-c1cc(C2CCN(Cc3nc(C)c4ccccc4n3)CC2)[nH]n1. The molecule has 1 aliphatic rings. The fraction of sp³-hybridized carbons (Fsp3) is 0.385. The standard InChI is InChI=1S/C26H30N6O/c1-17-21-6-4-5-7-22(21)29-25(28-17)15-32-12-9-19(10-13-32)23-14-24(31-30-23)26-18(2)27-11-8-20(26)16-33-3/h4-8,11,14,19H,9-10,12-13,15-16H2,1-3H3,(H,30,31). The van der Waals surface area contributed by atoms with Crippen molar-refractivity contribution < 1.29 is 4.74 Å². The third-order valence-corrected chi connectivity index (χ3v) is 6.61. The fourth-order valence-electron chi connectivity index (χ4n) is 4.89. The van der Waals surface area contributed by atoms with Crippen LogP contribution in [0.4, 0.5) is 0 Å². The van der Waals surface area contributed by atoms with E-state index in [1.54, 1.807) is 7.11 Å². The Balaban J connectivity index is 1.26. The van der Waals surface area contributed by atoms with Crippen LogP contribution in [0.15, 0.2) is 42.6 Å². The molecule has 33 heavy (non-hydrogen) atoms. The van der Waals surface area contributed by atoms with Gasteiger partial charge in [-0.1, -0.05) is 18.2 Å². The van der Waals surface area contributed by atoms with E-state index in [1.165, 1.54) is 5.69 Å². The number of aryl methyl sites for hydroxylation is 2. The molecule has 0 bridgehead atoms. The zero-order valence-corrected chi connectivity index (χ0v) is 19.5. The number of aromatic amines is 1. The van der Waals surface area contributed by atoms with Crippen molar-refractivity contribution in [1.29, 1.82) is 0 Å². The van der Waals surface area contributed by atoms with Gasteiger partial charge in [-0.3, -0.25) is 15.0 Å². The summed E-state index contributed by atoms with van der Waals surface area (Å²) in [5, 5.41) is 9.07. The first-order valence-electron chi connectivity index (χ1n) is 11.6. The number of nitrogens with zero attached hydrogens (tertiary/aromatic N) is 5. The van der Waals surface area contributed by atoms with Crippen LogP contribution in [-0.4, -0.2) is 50.2 Å². The Morgan fingerprint density at radius 1 is 1.06 bits per heavy atom. The summed E-state index contributed by atoms with van der Waals surface area (Å²) in [6.45, 7) is 7.48. The second-order valence-electron chi connectivity index (χ2n) is 8.86. The van der Waals surface area contributed by atoms with Crippen LogP contribution in [0.3, 0.4) is 0 Å². The Labute approximate surface area is 194 Å². The highest BCUT2D eigenvalue weighted by molar-refractivity contribution is 5.80. The summed E-state index contributed by atoms with van der Waals surface area (Å²) in [4.78, 5) is 16.5. The number of likely N-dealkylation sites (tertiary alicyclic amines) is 1. The van der Waals surface area contributed by atoms with Gasteiger partial charge in [-0.2, -0.15) is 5.10 Å². The van der Waals surface area contributed by atoms with E-state index in [0.29, 0.717) is 12.5 Å². The summed E-state index contributed by atoms with van der Waals surface area (Å²) >= 11 is 0. The Hall–Kier alpha value is -3.16. The Morgan fingerprint density at radius 3 is 2.70 bits per heavy atom. The highest BCUT2D eigenvalue weighted by atomic mass is 16.5. The molecule has 1 saturated heterocycles. The monoisotopic (exact) mass is 442 g/mol. The number of nitrogens with one attached hydrogen (secondary N) is 1. The summed E-state index contributed by atoms with van der Waals surface area (Å²) in [5.41, 5.74) is 7.39. The van der Waals surface area contributed by atoms with Crippen LogP contribution < -0.4 is 0 Å². The third-order valence-electron chi connectivity index (χ3n) is 6.61. The number of rotatable bonds is 6. The van der Waals surface area contributed by atoms with E-state index in [9.17, 15) is 0 Å². The van der Waals surface area contributed by atoms with Gasteiger partial charge in [0.25, 0.3) is 0 Å². The lowest BCUT2D eigenvalue weighted by Gasteiger charge is -2.30. The van der Waals surface area contributed by atoms with Gasteiger partial charge in [0, 0.05) is 47.3 Å². The number of benzene rings is 1. The average molecular weight is 443 g/mol. The molecular formula is C26H30N6O. The Kier molecular flexibility index (Phi) is 6.15. The molecule has 1 N–H and O–H groups in total. The van der Waals surface area contributed by atoms with E-state index in [0.717, 1.165) is 77.4 Å². The van der Waals surface area contributed by atoms with Crippen LogP contribution in [0, 0.1) is 13.8 Å². The van der Waals surface area contributed by atoms with E-state index in [4.69, 9.17) is 14.7 Å². The number of para-hydroxylation sites is 1. The van der Waals surface area contributed by atoms with Gasteiger partial charge in [0.15, 0.2) is 0 Å². The zero-order chi connectivity index (χ0) is 22.8. The number of pyridine rings is 1. The number of hydrogen-bond donors (Lipinski definition) is 1. The number of aromatic nitrogens is 5. The molecule has 0 unspecified atom stereocenters. The van der Waals surface area contributed by atoms with Gasteiger partial charge in [-0.15, -0.1) is 0 Å². The van der Waals surface area contributed by atoms with Gasteiger partial charge >= 0.3 is 0 Å². The van der Waals surface area contributed by atoms with E-state index in [-0.39, 0.29) is 0 Å². The second kappa shape index (κ2) is 9.37. The molecule has 1 fully saturated rings. The maximum Gasteiger partial charge on any atom is 0.143 e. The quantitative estimate of drug-likeness (QED) is 0.472. The van der Waals surface area contributed by atoms with Crippen LogP contribution in [-0.2, 0) is 17.9 Å². The van der Waals surface area contributed by atoms with Crippen molar-refractivity contribution in [3.63, 3.8) is 0 Å². The topological polar surface area (TPSA) is 79.8 Å². The summed E-state index contributed by atoms with van der Waals surface area (Å²) in [6, 6.07) is 12.4. The number of H-pyrrole nitrogens is 1. The molecule has 0 radical (unpaired) electrons. The van der Waals surface area contributed by atoms with E-state index in [2.05, 4.69) is 45.2 Å². The normalized spacial score (nSPS) is 15.4. The van der Waals surface area contributed by atoms with Crippen molar-refractivity contribution in [1.82, 2.24) is 30.0 Å². The zero-order valence-electron chi connectivity index (χ0n) is 19.5. The first-order valence-corrected chi connectivity index (χ1v) is 11.6. The predicted octanol–water partition coefficient (Wildman–Crippen LogP) is 4.56. The fourth-order valence-corrected chi connectivity index (χ4v) is 4.89. The van der Waals surface area contributed by atoms with Crippen LogP contribution >= 0.6 is 0 Å². The molecule has 0 saturated carbocycles. The van der Waals surface area contributed by atoms with Gasteiger partial charge in [-0.05, 0) is 63.5 Å². The van der Waals surface area contributed by atoms with Crippen molar-refractivity contribution in [2.45, 2.75) is 45.8 Å². The first kappa shape index (κ1) is 21.7. The first-order chi connectivity index (χ1) is 16.1. The molecule has 170 valence electrons. The van der Waals surface area contributed by atoms with Gasteiger partial charge in [-0.25, -0.2) is 9.97 Å². The highest BCUT2D eigenvalue weighted by Crippen LogP contribution is 2.32. The molecule has 1 aromatic carbocycles. The molecule has 5 rings (SSSR count). The second-order valence-corrected chi connectivity index (χ2v) is 8.86. The number of fused-ring (bicyclic) bond motifs is 1. The number of methoxy groups -OCH3 is 1. The van der Waals surface area contributed by atoms with Gasteiger partial charge in [0.1, 0.15) is 5.82 Å². The van der Waals surface area contributed by atoms with Crippen molar-refractivity contribution in [2.75, 3.05) is 20.2 Å².